The van der Waals surface area contributed by atoms with Gasteiger partial charge >= 0.3 is 0 Å². The zero-order chi connectivity index (χ0) is 45.8. The first-order valence-corrected chi connectivity index (χ1v) is 23.3. The molecule has 69 heavy (non-hydrogen) atoms. The summed E-state index contributed by atoms with van der Waals surface area (Å²) >= 11 is 0. The topological polar surface area (TPSA) is 69.9 Å². The molecule has 4 aromatic heterocycles. The van der Waals surface area contributed by atoms with E-state index in [4.69, 9.17) is 23.8 Å². The van der Waals surface area contributed by atoms with Gasteiger partial charge in [0.15, 0.2) is 11.6 Å². The van der Waals surface area contributed by atoms with Crippen molar-refractivity contribution in [1.29, 1.82) is 0 Å². The van der Waals surface area contributed by atoms with Crippen molar-refractivity contribution in [2.75, 3.05) is 0 Å². The van der Waals surface area contributed by atoms with Gasteiger partial charge in [-0.2, -0.15) is 0 Å². The Morgan fingerprint density at radius 1 is 0.507 bits per heavy atom. The van der Waals surface area contributed by atoms with Crippen LogP contribution in [0.15, 0.2) is 234 Å². The minimum atomic E-state index is -0.245. The zero-order valence-electron chi connectivity index (χ0n) is 37.5. The number of nitrogens with zero attached hydrogens (tertiary/aromatic N) is 4. The molecule has 13 rings (SSSR count). The third kappa shape index (κ3) is 7.00. The molecule has 1 aliphatic carbocycles. The predicted octanol–water partition coefficient (Wildman–Crippen LogP) is 16.5. The standard InChI is InChI=1S/C63H42N4O2/c1-2-3-18-45-39-67(54-33-31-43(35-50(45)54)40-19-7-4-8-20-40)60-51(41-21-9-5-10-22-41)37-46(38-52(60)42-23-11-6-12-24-42)62-64-61(44-32-34-57-53(36-44)47-25-13-15-28-55(47)68-57)65-63(66-62)49-27-17-30-58-59(49)48-26-14-16-29-56(48)69-58/h2-37,39,46H,1,38H2/b18-3-. The third-order valence-corrected chi connectivity index (χ3v) is 13.4. The first kappa shape index (κ1) is 40.2. The van der Waals surface area contributed by atoms with Gasteiger partial charge in [-0.3, -0.25) is 0 Å². The van der Waals surface area contributed by atoms with Gasteiger partial charge < -0.3 is 13.4 Å². The van der Waals surface area contributed by atoms with E-state index in [1.165, 1.54) is 11.1 Å². The lowest BCUT2D eigenvalue weighted by Gasteiger charge is -2.29. The summed E-state index contributed by atoms with van der Waals surface area (Å²) in [5.41, 5.74) is 15.2. The predicted molar refractivity (Wildman–Crippen MR) is 283 cm³/mol. The summed E-state index contributed by atoms with van der Waals surface area (Å²) in [5.74, 6) is 1.60. The second-order valence-electron chi connectivity index (χ2n) is 17.5. The van der Waals surface area contributed by atoms with E-state index in [0.717, 1.165) is 99.4 Å². The van der Waals surface area contributed by atoms with Crippen LogP contribution in [0, 0.1) is 0 Å². The zero-order valence-corrected chi connectivity index (χ0v) is 37.5. The number of furan rings is 2. The molecule has 0 aliphatic heterocycles. The first-order chi connectivity index (χ1) is 34.1. The molecule has 1 unspecified atom stereocenters. The van der Waals surface area contributed by atoms with Crippen molar-refractivity contribution >= 4 is 77.7 Å². The van der Waals surface area contributed by atoms with Gasteiger partial charge in [-0.25, -0.2) is 15.0 Å². The first-order valence-electron chi connectivity index (χ1n) is 23.3. The third-order valence-electron chi connectivity index (χ3n) is 13.4. The highest BCUT2D eigenvalue weighted by Gasteiger charge is 2.31. The van der Waals surface area contributed by atoms with Crippen molar-refractivity contribution in [3.05, 3.63) is 248 Å². The van der Waals surface area contributed by atoms with Crippen molar-refractivity contribution in [3.63, 3.8) is 0 Å². The fourth-order valence-electron chi connectivity index (χ4n) is 10.2. The van der Waals surface area contributed by atoms with E-state index in [-0.39, 0.29) is 5.92 Å². The maximum atomic E-state index is 6.41. The monoisotopic (exact) mass is 886 g/mol. The van der Waals surface area contributed by atoms with Gasteiger partial charge in [0.05, 0.1) is 11.2 Å². The van der Waals surface area contributed by atoms with Crippen LogP contribution in [0.3, 0.4) is 0 Å². The van der Waals surface area contributed by atoms with Crippen LogP contribution in [0.5, 0.6) is 0 Å². The van der Waals surface area contributed by atoms with Crippen molar-refractivity contribution in [1.82, 2.24) is 19.5 Å². The van der Waals surface area contributed by atoms with Gasteiger partial charge in [-0.1, -0.05) is 176 Å². The summed E-state index contributed by atoms with van der Waals surface area (Å²) < 4.78 is 15.1. The molecule has 0 fully saturated rings. The van der Waals surface area contributed by atoms with Crippen LogP contribution < -0.4 is 0 Å². The van der Waals surface area contributed by atoms with E-state index in [9.17, 15) is 0 Å². The summed E-state index contributed by atoms with van der Waals surface area (Å²) in [7, 11) is 0. The van der Waals surface area contributed by atoms with E-state index < -0.39 is 0 Å². The van der Waals surface area contributed by atoms with Crippen molar-refractivity contribution in [3.8, 4) is 33.9 Å². The highest BCUT2D eigenvalue weighted by Crippen LogP contribution is 2.48. The Morgan fingerprint density at radius 2 is 1.13 bits per heavy atom. The lowest BCUT2D eigenvalue weighted by Crippen LogP contribution is -2.15. The van der Waals surface area contributed by atoms with Crippen LogP contribution in [-0.2, 0) is 0 Å². The van der Waals surface area contributed by atoms with Gasteiger partial charge in [0.1, 0.15) is 28.2 Å². The lowest BCUT2D eigenvalue weighted by molar-refractivity contribution is 0.668. The Morgan fingerprint density at radius 3 is 1.91 bits per heavy atom. The summed E-state index contributed by atoms with van der Waals surface area (Å²) in [5, 5.41) is 5.19. The Labute approximate surface area is 398 Å². The molecule has 8 aromatic carbocycles. The molecule has 0 radical (unpaired) electrons. The molecule has 326 valence electrons. The van der Waals surface area contributed by atoms with Crippen LogP contribution in [0.1, 0.15) is 34.9 Å². The summed E-state index contributed by atoms with van der Waals surface area (Å²) in [6.07, 6.45) is 11.3. The second-order valence-corrected chi connectivity index (χ2v) is 17.5. The quantitative estimate of drug-likeness (QED) is 0.135. The normalized spacial score (nSPS) is 14.2. The highest BCUT2D eigenvalue weighted by atomic mass is 16.3. The number of aromatic nitrogens is 4. The molecular weight excluding hydrogens is 845 g/mol. The minimum absolute atomic E-state index is 0.245. The molecule has 6 nitrogen and oxygen atoms in total. The van der Waals surface area contributed by atoms with Crippen LogP contribution in [0.2, 0.25) is 0 Å². The molecule has 1 atom stereocenters. The average Bonchev–Trinajstić information content (AvgIpc) is 4.11. The summed E-state index contributed by atoms with van der Waals surface area (Å²) in [6.45, 7) is 4.02. The smallest absolute Gasteiger partial charge is 0.164 e. The number of rotatable bonds is 9. The van der Waals surface area contributed by atoms with E-state index in [1.54, 1.807) is 0 Å². The maximum Gasteiger partial charge on any atom is 0.164 e. The number of hydrogen-bond acceptors (Lipinski definition) is 5. The van der Waals surface area contributed by atoms with Crippen LogP contribution >= 0.6 is 0 Å². The van der Waals surface area contributed by atoms with E-state index >= 15 is 0 Å². The Balaban J connectivity index is 1.06. The molecule has 0 amide bonds. The number of para-hydroxylation sites is 2. The van der Waals surface area contributed by atoms with Crippen molar-refractivity contribution < 1.29 is 8.83 Å². The molecule has 4 heterocycles. The molecule has 1 aliphatic rings. The van der Waals surface area contributed by atoms with Crippen LogP contribution in [-0.4, -0.2) is 19.5 Å². The Bertz CT molecular complexity index is 4060. The van der Waals surface area contributed by atoms with E-state index in [2.05, 4.69) is 169 Å². The lowest BCUT2D eigenvalue weighted by atomic mass is 9.81. The molecule has 0 saturated heterocycles. The fraction of sp³-hybridized carbons (Fsp3) is 0.0317. The summed E-state index contributed by atoms with van der Waals surface area (Å²) in [6, 6.07) is 67.5. The number of allylic oxidation sites excluding steroid dienone is 6. The van der Waals surface area contributed by atoms with E-state index in [1.807, 2.05) is 66.7 Å². The van der Waals surface area contributed by atoms with Gasteiger partial charge in [0, 0.05) is 61.3 Å². The SMILES string of the molecule is C=C/C=C\c1cn(C2=C(c3ccccc3)CC(c3nc(-c4ccc5oc6ccccc6c5c4)nc(-c4cccc5oc6ccccc6c45)n3)C=C2c2ccccc2)c2ccc(-c3ccccc3)cc12. The van der Waals surface area contributed by atoms with Gasteiger partial charge in [-0.05, 0) is 82.8 Å². The van der Waals surface area contributed by atoms with Crippen LogP contribution in [0.25, 0.3) is 112 Å². The van der Waals surface area contributed by atoms with Gasteiger partial charge in [0.2, 0.25) is 0 Å². The molecule has 6 heteroatoms. The van der Waals surface area contributed by atoms with Gasteiger partial charge in [-0.15, -0.1) is 0 Å². The van der Waals surface area contributed by atoms with Crippen LogP contribution in [0.4, 0.5) is 0 Å². The number of benzene rings is 8. The number of hydrogen-bond donors (Lipinski definition) is 0. The van der Waals surface area contributed by atoms with Gasteiger partial charge in [0.25, 0.3) is 0 Å². The second kappa shape index (κ2) is 16.6. The number of fused-ring (bicyclic) bond motifs is 7. The highest BCUT2D eigenvalue weighted by molar-refractivity contribution is 6.14. The minimum Gasteiger partial charge on any atom is -0.456 e. The van der Waals surface area contributed by atoms with E-state index in [0.29, 0.717) is 23.9 Å². The largest absolute Gasteiger partial charge is 0.456 e. The maximum absolute atomic E-state index is 6.41. The molecule has 0 spiro atoms. The summed E-state index contributed by atoms with van der Waals surface area (Å²) in [4.78, 5) is 16.3. The molecule has 0 bridgehead atoms. The van der Waals surface area contributed by atoms with Crippen molar-refractivity contribution in [2.45, 2.75) is 12.3 Å². The Hall–Kier alpha value is -9.13. The molecule has 0 saturated carbocycles. The Kier molecular flexibility index (Phi) is 9.68. The fourth-order valence-corrected chi connectivity index (χ4v) is 10.2. The molecular formula is C63H42N4O2. The molecule has 12 aromatic rings. The average molecular weight is 887 g/mol. The molecule has 0 N–H and O–H groups in total. The van der Waals surface area contributed by atoms with Crippen molar-refractivity contribution in [2.24, 2.45) is 0 Å².